The standard InChI is InChI=1S/C15H12Cl2O2/c1-2-13(18)11-5-3-4-6-14(11)19-15-9-10(16)7-8-12(15)17/h3-9H,2H2,1H3. The first kappa shape index (κ1) is 13.9. The Labute approximate surface area is 121 Å². The lowest BCUT2D eigenvalue weighted by atomic mass is 10.1. The number of para-hydroxylation sites is 1. The van der Waals surface area contributed by atoms with E-state index in [1.807, 2.05) is 6.92 Å². The first-order valence-electron chi connectivity index (χ1n) is 5.87. The molecular weight excluding hydrogens is 283 g/mol. The van der Waals surface area contributed by atoms with Crippen LogP contribution in [0.3, 0.4) is 0 Å². The van der Waals surface area contributed by atoms with Crippen molar-refractivity contribution in [2.45, 2.75) is 13.3 Å². The monoisotopic (exact) mass is 294 g/mol. The Morgan fingerprint density at radius 1 is 1.11 bits per heavy atom. The molecule has 0 heterocycles. The Bertz CT molecular complexity index is 609. The van der Waals surface area contributed by atoms with Gasteiger partial charge in [-0.2, -0.15) is 0 Å². The maximum atomic E-state index is 11.8. The van der Waals surface area contributed by atoms with Crippen LogP contribution < -0.4 is 4.74 Å². The number of ether oxygens (including phenoxy) is 1. The van der Waals surface area contributed by atoms with E-state index in [2.05, 4.69) is 0 Å². The predicted octanol–water partition coefficient (Wildman–Crippen LogP) is 5.38. The Morgan fingerprint density at radius 2 is 1.84 bits per heavy atom. The molecule has 2 aromatic rings. The predicted molar refractivity (Wildman–Crippen MR) is 77.6 cm³/mol. The van der Waals surface area contributed by atoms with Gasteiger partial charge < -0.3 is 4.74 Å². The van der Waals surface area contributed by atoms with Crippen molar-refractivity contribution in [1.29, 1.82) is 0 Å². The molecule has 2 aromatic carbocycles. The van der Waals surface area contributed by atoms with Crippen molar-refractivity contribution < 1.29 is 9.53 Å². The largest absolute Gasteiger partial charge is 0.455 e. The number of hydrogen-bond acceptors (Lipinski definition) is 2. The molecule has 0 atom stereocenters. The molecule has 0 fully saturated rings. The number of Topliss-reactive ketones (excluding diaryl/α,β-unsaturated/α-hetero) is 1. The smallest absolute Gasteiger partial charge is 0.166 e. The zero-order valence-electron chi connectivity index (χ0n) is 10.3. The molecule has 0 aliphatic carbocycles. The average Bonchev–Trinajstić information content (AvgIpc) is 2.42. The minimum absolute atomic E-state index is 0.0220. The third-order valence-corrected chi connectivity index (χ3v) is 3.17. The summed E-state index contributed by atoms with van der Waals surface area (Å²) >= 11 is 12.0. The summed E-state index contributed by atoms with van der Waals surface area (Å²) in [6.45, 7) is 1.81. The highest BCUT2D eigenvalue weighted by molar-refractivity contribution is 6.34. The second-order valence-corrected chi connectivity index (χ2v) is 4.79. The van der Waals surface area contributed by atoms with Crippen molar-refractivity contribution in [1.82, 2.24) is 0 Å². The van der Waals surface area contributed by atoms with Gasteiger partial charge in [0.2, 0.25) is 0 Å². The quantitative estimate of drug-likeness (QED) is 0.708. The zero-order valence-corrected chi connectivity index (χ0v) is 11.8. The molecule has 0 saturated carbocycles. The molecule has 0 bridgehead atoms. The summed E-state index contributed by atoms with van der Waals surface area (Å²) in [7, 11) is 0. The van der Waals surface area contributed by atoms with Gasteiger partial charge in [-0.3, -0.25) is 4.79 Å². The van der Waals surface area contributed by atoms with Gasteiger partial charge >= 0.3 is 0 Å². The van der Waals surface area contributed by atoms with Gasteiger partial charge in [0.05, 0.1) is 10.6 Å². The van der Waals surface area contributed by atoms with Gasteiger partial charge in [0.25, 0.3) is 0 Å². The van der Waals surface area contributed by atoms with Gasteiger partial charge in [-0.05, 0) is 24.3 Å². The number of carbonyl (C=O) groups excluding carboxylic acids is 1. The van der Waals surface area contributed by atoms with Crippen LogP contribution in [-0.4, -0.2) is 5.78 Å². The summed E-state index contributed by atoms with van der Waals surface area (Å²) in [6, 6.07) is 12.0. The number of carbonyl (C=O) groups is 1. The van der Waals surface area contributed by atoms with Gasteiger partial charge in [-0.1, -0.05) is 42.3 Å². The molecule has 0 N–H and O–H groups in total. The van der Waals surface area contributed by atoms with E-state index in [9.17, 15) is 4.79 Å². The van der Waals surface area contributed by atoms with Crippen LogP contribution in [0.25, 0.3) is 0 Å². The Morgan fingerprint density at radius 3 is 2.58 bits per heavy atom. The topological polar surface area (TPSA) is 26.3 Å². The zero-order chi connectivity index (χ0) is 13.8. The van der Waals surface area contributed by atoms with E-state index in [4.69, 9.17) is 27.9 Å². The van der Waals surface area contributed by atoms with Crippen LogP contribution in [0, 0.1) is 0 Å². The van der Waals surface area contributed by atoms with Gasteiger partial charge in [-0.15, -0.1) is 0 Å². The molecule has 0 spiro atoms. The fraction of sp³-hybridized carbons (Fsp3) is 0.133. The van der Waals surface area contributed by atoms with E-state index in [1.54, 1.807) is 42.5 Å². The number of rotatable bonds is 4. The van der Waals surface area contributed by atoms with E-state index in [0.29, 0.717) is 33.5 Å². The Kier molecular flexibility index (Phi) is 4.46. The summed E-state index contributed by atoms with van der Waals surface area (Å²) in [6.07, 6.45) is 0.420. The first-order valence-corrected chi connectivity index (χ1v) is 6.62. The summed E-state index contributed by atoms with van der Waals surface area (Å²) in [5.41, 5.74) is 0.543. The minimum atomic E-state index is 0.0220. The number of halogens is 2. The number of hydrogen-bond donors (Lipinski definition) is 0. The van der Waals surface area contributed by atoms with Crippen molar-refractivity contribution in [3.63, 3.8) is 0 Å². The summed E-state index contributed by atoms with van der Waals surface area (Å²) in [5, 5.41) is 0.974. The van der Waals surface area contributed by atoms with E-state index >= 15 is 0 Å². The maximum absolute atomic E-state index is 11.8. The average molecular weight is 295 g/mol. The van der Waals surface area contributed by atoms with Gasteiger partial charge in [0, 0.05) is 17.5 Å². The lowest BCUT2D eigenvalue weighted by Crippen LogP contribution is -1.99. The second-order valence-electron chi connectivity index (χ2n) is 3.95. The van der Waals surface area contributed by atoms with Gasteiger partial charge in [-0.25, -0.2) is 0 Å². The van der Waals surface area contributed by atoms with E-state index < -0.39 is 0 Å². The molecule has 2 rings (SSSR count). The lowest BCUT2D eigenvalue weighted by Gasteiger charge is -2.11. The van der Waals surface area contributed by atoms with Crippen LogP contribution in [0.1, 0.15) is 23.7 Å². The highest BCUT2D eigenvalue weighted by Crippen LogP contribution is 2.33. The fourth-order valence-corrected chi connectivity index (χ4v) is 1.97. The van der Waals surface area contributed by atoms with Crippen molar-refractivity contribution in [3.8, 4) is 11.5 Å². The molecule has 19 heavy (non-hydrogen) atoms. The third-order valence-electron chi connectivity index (χ3n) is 2.62. The van der Waals surface area contributed by atoms with E-state index in [1.165, 1.54) is 0 Å². The van der Waals surface area contributed by atoms with Crippen LogP contribution in [0.15, 0.2) is 42.5 Å². The molecule has 2 nitrogen and oxygen atoms in total. The molecule has 0 unspecified atom stereocenters. The molecule has 98 valence electrons. The molecule has 4 heteroatoms. The van der Waals surface area contributed by atoms with Crippen LogP contribution in [0.2, 0.25) is 10.0 Å². The summed E-state index contributed by atoms with van der Waals surface area (Å²) < 4.78 is 5.71. The van der Waals surface area contributed by atoms with Crippen molar-refractivity contribution in [2.24, 2.45) is 0 Å². The first-order chi connectivity index (χ1) is 9.11. The molecule has 0 radical (unpaired) electrons. The third kappa shape index (κ3) is 3.28. The van der Waals surface area contributed by atoms with E-state index in [0.717, 1.165) is 0 Å². The summed E-state index contributed by atoms with van der Waals surface area (Å²) in [5.74, 6) is 0.942. The SMILES string of the molecule is CCC(=O)c1ccccc1Oc1cc(Cl)ccc1Cl. The molecular formula is C15H12Cl2O2. The molecule has 0 saturated heterocycles. The number of ketones is 1. The van der Waals surface area contributed by atoms with Crippen LogP contribution in [-0.2, 0) is 0 Å². The van der Waals surface area contributed by atoms with Crippen LogP contribution in [0.5, 0.6) is 11.5 Å². The van der Waals surface area contributed by atoms with E-state index in [-0.39, 0.29) is 5.78 Å². The molecule has 0 aromatic heterocycles. The summed E-state index contributed by atoms with van der Waals surface area (Å²) in [4.78, 5) is 11.8. The fourth-order valence-electron chi connectivity index (χ4n) is 1.65. The van der Waals surface area contributed by atoms with Gasteiger partial charge in [0.15, 0.2) is 5.78 Å². The molecule has 0 aliphatic rings. The van der Waals surface area contributed by atoms with Gasteiger partial charge in [0.1, 0.15) is 11.5 Å². The van der Waals surface area contributed by atoms with Crippen molar-refractivity contribution in [3.05, 3.63) is 58.1 Å². The number of benzene rings is 2. The highest BCUT2D eigenvalue weighted by atomic mass is 35.5. The maximum Gasteiger partial charge on any atom is 0.166 e. The lowest BCUT2D eigenvalue weighted by molar-refractivity contribution is 0.0986. The van der Waals surface area contributed by atoms with Crippen LogP contribution >= 0.6 is 23.2 Å². The van der Waals surface area contributed by atoms with Crippen LogP contribution in [0.4, 0.5) is 0 Å². The van der Waals surface area contributed by atoms with Crippen molar-refractivity contribution >= 4 is 29.0 Å². The normalized spacial score (nSPS) is 10.3. The second kappa shape index (κ2) is 6.09. The molecule has 0 aliphatic heterocycles. The highest BCUT2D eigenvalue weighted by Gasteiger charge is 2.12. The Balaban J connectivity index is 2.38. The van der Waals surface area contributed by atoms with Crippen molar-refractivity contribution in [2.75, 3.05) is 0 Å². The minimum Gasteiger partial charge on any atom is -0.455 e. The molecule has 0 amide bonds. The Hall–Kier alpha value is -1.51.